The normalized spacial score (nSPS) is 16.8. The predicted molar refractivity (Wildman–Crippen MR) is 47.6 cm³/mol. The van der Waals surface area contributed by atoms with Crippen LogP contribution in [0.4, 0.5) is 5.69 Å². The summed E-state index contributed by atoms with van der Waals surface area (Å²) in [6, 6.07) is 3.77. The lowest BCUT2D eigenvalue weighted by Crippen LogP contribution is -2.50. The molecule has 1 aromatic heterocycles. The molecule has 0 saturated carbocycles. The van der Waals surface area contributed by atoms with Gasteiger partial charge in [-0.05, 0) is 12.1 Å². The minimum atomic E-state index is -0.703. The Balaban J connectivity index is 1.98. The number of carbonyl (C=O) groups is 1. The first-order chi connectivity index (χ1) is 6.27. The van der Waals surface area contributed by atoms with Crippen molar-refractivity contribution in [1.29, 1.82) is 0 Å². The molecular formula is C9H10N2O2. The van der Waals surface area contributed by atoms with E-state index in [0.29, 0.717) is 13.1 Å². The van der Waals surface area contributed by atoms with Crippen molar-refractivity contribution in [3.8, 4) is 0 Å². The van der Waals surface area contributed by atoms with Crippen LogP contribution in [0.25, 0.3) is 0 Å². The molecule has 0 amide bonds. The van der Waals surface area contributed by atoms with Crippen molar-refractivity contribution >= 4 is 11.7 Å². The summed E-state index contributed by atoms with van der Waals surface area (Å²) < 4.78 is 0. The lowest BCUT2D eigenvalue weighted by molar-refractivity contribution is -0.142. The van der Waals surface area contributed by atoms with Crippen molar-refractivity contribution in [2.75, 3.05) is 18.0 Å². The Morgan fingerprint density at radius 1 is 1.46 bits per heavy atom. The van der Waals surface area contributed by atoms with Crippen LogP contribution in [0, 0.1) is 5.92 Å². The van der Waals surface area contributed by atoms with Crippen molar-refractivity contribution in [1.82, 2.24) is 4.98 Å². The quantitative estimate of drug-likeness (QED) is 0.720. The molecule has 13 heavy (non-hydrogen) atoms. The molecule has 0 unspecified atom stereocenters. The summed E-state index contributed by atoms with van der Waals surface area (Å²) in [5.41, 5.74) is 1.05. The van der Waals surface area contributed by atoms with Gasteiger partial charge in [-0.25, -0.2) is 0 Å². The van der Waals surface area contributed by atoms with E-state index >= 15 is 0 Å². The Morgan fingerprint density at radius 3 is 2.62 bits per heavy atom. The smallest absolute Gasteiger partial charge is 0.310 e. The van der Waals surface area contributed by atoms with Gasteiger partial charge in [0.2, 0.25) is 0 Å². The highest BCUT2D eigenvalue weighted by Crippen LogP contribution is 2.23. The van der Waals surface area contributed by atoms with Crippen molar-refractivity contribution in [3.05, 3.63) is 24.5 Å². The summed E-state index contributed by atoms with van der Waals surface area (Å²) in [5, 5.41) is 8.66. The molecule has 0 aromatic carbocycles. The highest BCUT2D eigenvalue weighted by molar-refractivity contribution is 5.74. The first kappa shape index (κ1) is 8.04. The highest BCUT2D eigenvalue weighted by atomic mass is 16.4. The molecule has 1 N–H and O–H groups in total. The van der Waals surface area contributed by atoms with Crippen LogP contribution in [-0.4, -0.2) is 29.1 Å². The molecule has 0 radical (unpaired) electrons. The van der Waals surface area contributed by atoms with Crippen molar-refractivity contribution < 1.29 is 9.90 Å². The number of pyridine rings is 1. The van der Waals surface area contributed by atoms with Crippen molar-refractivity contribution in [3.63, 3.8) is 0 Å². The standard InChI is InChI=1S/C9H10N2O2/c12-9(13)7-5-11(6-7)8-1-3-10-4-2-8/h1-4,7H,5-6H2,(H,12,13). The van der Waals surface area contributed by atoms with Gasteiger partial charge in [-0.3, -0.25) is 9.78 Å². The maximum absolute atomic E-state index is 10.5. The summed E-state index contributed by atoms with van der Waals surface area (Å²) in [5.74, 6) is -0.904. The van der Waals surface area contributed by atoms with Crippen LogP contribution >= 0.6 is 0 Å². The van der Waals surface area contributed by atoms with Crippen LogP contribution in [0.1, 0.15) is 0 Å². The number of aliphatic carboxylic acids is 1. The summed E-state index contributed by atoms with van der Waals surface area (Å²) >= 11 is 0. The van der Waals surface area contributed by atoms with Gasteiger partial charge in [0, 0.05) is 31.2 Å². The van der Waals surface area contributed by atoms with Gasteiger partial charge in [0.15, 0.2) is 0 Å². The van der Waals surface area contributed by atoms with E-state index < -0.39 is 5.97 Å². The molecule has 1 fully saturated rings. The second-order valence-electron chi connectivity index (χ2n) is 3.15. The number of anilines is 1. The van der Waals surface area contributed by atoms with Crippen molar-refractivity contribution in [2.45, 2.75) is 0 Å². The summed E-state index contributed by atoms with van der Waals surface area (Å²) in [4.78, 5) is 16.4. The summed E-state index contributed by atoms with van der Waals surface area (Å²) in [6.45, 7) is 1.22. The largest absolute Gasteiger partial charge is 0.481 e. The Kier molecular flexibility index (Phi) is 1.88. The van der Waals surface area contributed by atoms with E-state index in [1.165, 1.54) is 0 Å². The number of hydrogen-bond donors (Lipinski definition) is 1. The van der Waals surface area contributed by atoms with E-state index in [0.717, 1.165) is 5.69 Å². The molecule has 4 heteroatoms. The Morgan fingerprint density at radius 2 is 2.08 bits per heavy atom. The Hall–Kier alpha value is -1.58. The molecule has 1 aromatic rings. The second kappa shape index (κ2) is 3.05. The van der Waals surface area contributed by atoms with Crippen LogP contribution < -0.4 is 4.90 Å². The third-order valence-electron chi connectivity index (χ3n) is 2.26. The Labute approximate surface area is 75.8 Å². The van der Waals surface area contributed by atoms with Crippen LogP contribution in [0.3, 0.4) is 0 Å². The number of aromatic nitrogens is 1. The SMILES string of the molecule is O=C(O)C1CN(c2ccncc2)C1. The highest BCUT2D eigenvalue weighted by Gasteiger charge is 2.32. The molecule has 1 saturated heterocycles. The first-order valence-electron chi connectivity index (χ1n) is 4.15. The van der Waals surface area contributed by atoms with Crippen LogP contribution in [0.15, 0.2) is 24.5 Å². The zero-order valence-electron chi connectivity index (χ0n) is 7.05. The van der Waals surface area contributed by atoms with Crippen LogP contribution in [-0.2, 0) is 4.79 Å². The minimum Gasteiger partial charge on any atom is -0.481 e. The molecule has 2 rings (SSSR count). The van der Waals surface area contributed by atoms with Gasteiger partial charge in [-0.1, -0.05) is 0 Å². The average molecular weight is 178 g/mol. The fourth-order valence-electron chi connectivity index (χ4n) is 1.40. The number of rotatable bonds is 2. The molecule has 0 aliphatic carbocycles. The van der Waals surface area contributed by atoms with E-state index in [4.69, 9.17) is 5.11 Å². The maximum atomic E-state index is 10.5. The predicted octanol–water partition coefficient (Wildman–Crippen LogP) is 0.602. The van der Waals surface area contributed by atoms with E-state index in [1.807, 2.05) is 17.0 Å². The average Bonchev–Trinajstić information content (AvgIpc) is 2.02. The molecule has 68 valence electrons. The van der Waals surface area contributed by atoms with E-state index in [1.54, 1.807) is 12.4 Å². The Bertz CT molecular complexity index is 307. The van der Waals surface area contributed by atoms with Gasteiger partial charge in [0.05, 0.1) is 5.92 Å². The van der Waals surface area contributed by atoms with Crippen LogP contribution in [0.5, 0.6) is 0 Å². The summed E-state index contributed by atoms with van der Waals surface area (Å²) in [6.07, 6.45) is 3.42. The number of hydrogen-bond acceptors (Lipinski definition) is 3. The number of carboxylic acid groups (broad SMARTS) is 1. The van der Waals surface area contributed by atoms with Gasteiger partial charge >= 0.3 is 5.97 Å². The second-order valence-corrected chi connectivity index (χ2v) is 3.15. The molecule has 0 atom stereocenters. The van der Waals surface area contributed by atoms with Gasteiger partial charge < -0.3 is 10.0 Å². The van der Waals surface area contributed by atoms with Gasteiger partial charge in [-0.15, -0.1) is 0 Å². The number of nitrogens with zero attached hydrogens (tertiary/aromatic N) is 2. The molecule has 0 bridgehead atoms. The van der Waals surface area contributed by atoms with Gasteiger partial charge in [-0.2, -0.15) is 0 Å². The topological polar surface area (TPSA) is 53.4 Å². The van der Waals surface area contributed by atoms with Gasteiger partial charge in [0.25, 0.3) is 0 Å². The van der Waals surface area contributed by atoms with Crippen molar-refractivity contribution in [2.24, 2.45) is 5.92 Å². The lowest BCUT2D eigenvalue weighted by atomic mass is 10.00. The third kappa shape index (κ3) is 1.47. The van der Waals surface area contributed by atoms with E-state index in [9.17, 15) is 4.79 Å². The zero-order chi connectivity index (χ0) is 9.26. The fourth-order valence-corrected chi connectivity index (χ4v) is 1.40. The first-order valence-corrected chi connectivity index (χ1v) is 4.15. The molecule has 2 heterocycles. The fraction of sp³-hybridized carbons (Fsp3) is 0.333. The minimum absolute atomic E-state index is 0.201. The molecular weight excluding hydrogens is 168 g/mol. The van der Waals surface area contributed by atoms with E-state index in [-0.39, 0.29) is 5.92 Å². The molecule has 1 aliphatic rings. The van der Waals surface area contributed by atoms with Crippen LogP contribution in [0.2, 0.25) is 0 Å². The molecule has 0 spiro atoms. The van der Waals surface area contributed by atoms with E-state index in [2.05, 4.69) is 4.98 Å². The lowest BCUT2D eigenvalue weighted by Gasteiger charge is -2.38. The molecule has 4 nitrogen and oxygen atoms in total. The molecule has 1 aliphatic heterocycles. The van der Waals surface area contributed by atoms with Gasteiger partial charge in [0.1, 0.15) is 0 Å². The monoisotopic (exact) mass is 178 g/mol. The maximum Gasteiger partial charge on any atom is 0.310 e. The number of carboxylic acids is 1. The zero-order valence-corrected chi connectivity index (χ0v) is 7.05. The summed E-state index contributed by atoms with van der Waals surface area (Å²) in [7, 11) is 0. The third-order valence-corrected chi connectivity index (χ3v) is 2.26.